The minimum atomic E-state index is -0.265. The molecule has 5 nitrogen and oxygen atoms in total. The molecule has 0 radical (unpaired) electrons. The van der Waals surface area contributed by atoms with E-state index in [2.05, 4.69) is 10.3 Å². The highest BCUT2D eigenvalue weighted by molar-refractivity contribution is 8.00. The molecule has 1 heterocycles. The van der Waals surface area contributed by atoms with Gasteiger partial charge in [0, 0.05) is 7.05 Å². The molecule has 118 valence electrons. The van der Waals surface area contributed by atoms with Crippen molar-refractivity contribution in [3.05, 3.63) is 47.8 Å². The lowest BCUT2D eigenvalue weighted by Crippen LogP contribution is -2.33. The van der Waals surface area contributed by atoms with Crippen LogP contribution in [0.15, 0.2) is 41.7 Å². The van der Waals surface area contributed by atoms with Gasteiger partial charge in [0.05, 0.1) is 29.8 Å². The summed E-state index contributed by atoms with van der Waals surface area (Å²) in [4.78, 5) is 16.5. The van der Waals surface area contributed by atoms with Crippen molar-refractivity contribution in [1.82, 2.24) is 14.9 Å². The van der Waals surface area contributed by atoms with E-state index in [0.29, 0.717) is 0 Å². The van der Waals surface area contributed by atoms with E-state index in [9.17, 15) is 9.90 Å². The van der Waals surface area contributed by atoms with Crippen molar-refractivity contribution in [1.29, 1.82) is 0 Å². The number of carbonyl (C=O) groups excluding carboxylic acids is 1. The molecule has 2 rings (SSSR count). The van der Waals surface area contributed by atoms with Crippen LogP contribution in [-0.4, -0.2) is 25.8 Å². The van der Waals surface area contributed by atoms with E-state index in [4.69, 9.17) is 0 Å². The van der Waals surface area contributed by atoms with Crippen LogP contribution >= 0.6 is 11.8 Å². The monoisotopic (exact) mass is 319 g/mol. The predicted octanol–water partition coefficient (Wildman–Crippen LogP) is 2.27. The zero-order valence-electron chi connectivity index (χ0n) is 13.0. The van der Waals surface area contributed by atoms with E-state index in [0.717, 1.165) is 16.4 Å². The Kier molecular flexibility index (Phi) is 5.63. The number of carbonyl (C=O) groups is 1. The van der Waals surface area contributed by atoms with E-state index in [1.165, 1.54) is 11.8 Å². The molecular formula is C16H21N3O2S. The highest BCUT2D eigenvalue weighted by Gasteiger charge is 2.19. The molecule has 1 aromatic heterocycles. The molecule has 0 aliphatic rings. The van der Waals surface area contributed by atoms with Gasteiger partial charge in [-0.3, -0.25) is 4.79 Å². The molecule has 2 N–H and O–H groups in total. The van der Waals surface area contributed by atoms with E-state index in [-0.39, 0.29) is 23.8 Å². The molecule has 1 aromatic carbocycles. The first kappa shape index (κ1) is 16.6. The molecule has 0 aliphatic carbocycles. The number of rotatable bonds is 6. The molecule has 2 aromatic rings. The van der Waals surface area contributed by atoms with Gasteiger partial charge < -0.3 is 15.0 Å². The van der Waals surface area contributed by atoms with E-state index < -0.39 is 0 Å². The van der Waals surface area contributed by atoms with Gasteiger partial charge in [0.2, 0.25) is 5.91 Å². The third-order valence-electron chi connectivity index (χ3n) is 3.51. The lowest BCUT2D eigenvalue weighted by molar-refractivity contribution is -0.120. The average Bonchev–Trinajstić information content (AvgIpc) is 2.88. The lowest BCUT2D eigenvalue weighted by Gasteiger charge is -2.17. The first-order chi connectivity index (χ1) is 10.5. The minimum absolute atomic E-state index is 0.0325. The number of aliphatic hydroxyl groups excluding tert-OH is 1. The van der Waals surface area contributed by atoms with Crippen molar-refractivity contribution < 1.29 is 9.90 Å². The standard InChI is InChI=1S/C16H21N3O2S/c1-11(13-7-5-4-6-8-13)18-15(21)12(2)22-16-17-9-14(10-20)19(16)3/h4-9,11-12,20H,10H2,1-3H3,(H,18,21)/t11-,12+/m0/s1. The van der Waals surface area contributed by atoms with Crippen LogP contribution in [0.1, 0.15) is 31.1 Å². The van der Waals surface area contributed by atoms with Crippen LogP contribution in [0.2, 0.25) is 0 Å². The van der Waals surface area contributed by atoms with Gasteiger partial charge in [0.1, 0.15) is 0 Å². The van der Waals surface area contributed by atoms with Crippen molar-refractivity contribution in [2.45, 2.75) is 36.9 Å². The van der Waals surface area contributed by atoms with E-state index in [1.807, 2.05) is 51.2 Å². The zero-order chi connectivity index (χ0) is 16.1. The highest BCUT2D eigenvalue weighted by atomic mass is 32.2. The van der Waals surface area contributed by atoms with Crippen LogP contribution in [0.3, 0.4) is 0 Å². The summed E-state index contributed by atoms with van der Waals surface area (Å²) in [5.74, 6) is -0.0325. The number of aromatic nitrogens is 2. The Bertz CT molecular complexity index is 628. The largest absolute Gasteiger partial charge is 0.390 e. The summed E-state index contributed by atoms with van der Waals surface area (Å²) in [6.07, 6.45) is 1.62. The summed E-state index contributed by atoms with van der Waals surface area (Å²) in [5.41, 5.74) is 1.81. The fraction of sp³-hybridized carbons (Fsp3) is 0.375. The predicted molar refractivity (Wildman–Crippen MR) is 87.4 cm³/mol. The summed E-state index contributed by atoms with van der Waals surface area (Å²) < 4.78 is 1.80. The Morgan fingerprint density at radius 3 is 2.64 bits per heavy atom. The number of hydrogen-bond acceptors (Lipinski definition) is 4. The minimum Gasteiger partial charge on any atom is -0.390 e. The number of benzene rings is 1. The number of thioether (sulfide) groups is 1. The van der Waals surface area contributed by atoms with Gasteiger partial charge in [0.15, 0.2) is 5.16 Å². The second-order valence-corrected chi connectivity index (χ2v) is 6.46. The summed E-state index contributed by atoms with van der Waals surface area (Å²) in [6.45, 7) is 3.76. The van der Waals surface area contributed by atoms with Crippen molar-refractivity contribution in [2.24, 2.45) is 7.05 Å². The Morgan fingerprint density at radius 2 is 2.05 bits per heavy atom. The maximum absolute atomic E-state index is 12.3. The molecule has 0 bridgehead atoms. The van der Waals surface area contributed by atoms with Gasteiger partial charge in [-0.05, 0) is 19.4 Å². The van der Waals surface area contributed by atoms with Crippen molar-refractivity contribution in [3.8, 4) is 0 Å². The molecule has 0 aliphatic heterocycles. The molecule has 2 atom stereocenters. The summed E-state index contributed by atoms with van der Waals surface area (Å²) in [7, 11) is 1.83. The van der Waals surface area contributed by atoms with Crippen molar-refractivity contribution in [2.75, 3.05) is 0 Å². The third kappa shape index (κ3) is 3.90. The fourth-order valence-corrected chi connectivity index (χ4v) is 2.93. The molecule has 22 heavy (non-hydrogen) atoms. The van der Waals surface area contributed by atoms with Crippen molar-refractivity contribution in [3.63, 3.8) is 0 Å². The Hall–Kier alpha value is -1.79. The number of nitrogens with zero attached hydrogens (tertiary/aromatic N) is 2. The van der Waals surface area contributed by atoms with E-state index >= 15 is 0 Å². The van der Waals surface area contributed by atoms with Gasteiger partial charge in [-0.15, -0.1) is 0 Å². The molecular weight excluding hydrogens is 298 g/mol. The molecule has 0 saturated heterocycles. The maximum Gasteiger partial charge on any atom is 0.233 e. The molecule has 1 amide bonds. The van der Waals surface area contributed by atoms with E-state index in [1.54, 1.807) is 10.8 Å². The molecule has 6 heteroatoms. The first-order valence-corrected chi connectivity index (χ1v) is 8.04. The second kappa shape index (κ2) is 7.47. The quantitative estimate of drug-likeness (QED) is 0.802. The van der Waals surface area contributed by atoms with Crippen LogP contribution in [0.25, 0.3) is 0 Å². The maximum atomic E-state index is 12.3. The number of imidazole rings is 1. The van der Waals surface area contributed by atoms with Crippen LogP contribution in [0, 0.1) is 0 Å². The topological polar surface area (TPSA) is 67.2 Å². The molecule has 0 fully saturated rings. The highest BCUT2D eigenvalue weighted by Crippen LogP contribution is 2.23. The van der Waals surface area contributed by atoms with Crippen LogP contribution in [-0.2, 0) is 18.4 Å². The third-order valence-corrected chi connectivity index (χ3v) is 4.67. The van der Waals surface area contributed by atoms with Gasteiger partial charge >= 0.3 is 0 Å². The Morgan fingerprint density at radius 1 is 1.36 bits per heavy atom. The zero-order valence-corrected chi connectivity index (χ0v) is 13.8. The van der Waals surface area contributed by atoms with Gasteiger partial charge in [-0.25, -0.2) is 4.98 Å². The lowest BCUT2D eigenvalue weighted by atomic mass is 10.1. The van der Waals surface area contributed by atoms with Gasteiger partial charge in [0.25, 0.3) is 0 Å². The molecule has 0 saturated carbocycles. The summed E-state index contributed by atoms with van der Waals surface area (Å²) in [5, 5.41) is 12.6. The normalized spacial score (nSPS) is 13.6. The smallest absolute Gasteiger partial charge is 0.233 e. The number of hydrogen-bond donors (Lipinski definition) is 2. The summed E-state index contributed by atoms with van der Waals surface area (Å²) >= 11 is 1.38. The average molecular weight is 319 g/mol. The Labute approximate surface area is 134 Å². The number of aliphatic hydroxyl groups is 1. The van der Waals surface area contributed by atoms with Crippen LogP contribution in [0.4, 0.5) is 0 Å². The van der Waals surface area contributed by atoms with Gasteiger partial charge in [-0.2, -0.15) is 0 Å². The van der Waals surface area contributed by atoms with Crippen LogP contribution in [0.5, 0.6) is 0 Å². The number of amides is 1. The second-order valence-electron chi connectivity index (χ2n) is 5.15. The summed E-state index contributed by atoms with van der Waals surface area (Å²) in [6, 6.07) is 9.83. The van der Waals surface area contributed by atoms with Crippen molar-refractivity contribution >= 4 is 17.7 Å². The Balaban J connectivity index is 1.96. The van der Waals surface area contributed by atoms with Gasteiger partial charge in [-0.1, -0.05) is 42.1 Å². The van der Waals surface area contributed by atoms with Crippen LogP contribution < -0.4 is 5.32 Å². The SMILES string of the molecule is C[C@H](NC(=O)[C@@H](C)Sc1ncc(CO)n1C)c1ccccc1. The fourth-order valence-electron chi connectivity index (χ4n) is 2.05. The first-order valence-electron chi connectivity index (χ1n) is 7.16. The number of nitrogens with one attached hydrogen (secondary N) is 1. The molecule has 0 spiro atoms. The molecule has 0 unspecified atom stereocenters.